The maximum Gasteiger partial charge on any atom is 0.333 e. The normalized spacial score (nSPS) is 33.8. The molecule has 2 aliphatic carbocycles. The third kappa shape index (κ3) is 2.24. The summed E-state index contributed by atoms with van der Waals surface area (Å²) >= 11 is 0. The standard InChI is InChI=1S/C13H20O2/c1-9(2)13(14)15-8-11-7-6-10-4-3-5-12(10)11/h10-12H,1,3-8H2,2H3. The van der Waals surface area contributed by atoms with Crippen molar-refractivity contribution in [1.82, 2.24) is 0 Å². The Kier molecular flexibility index (Phi) is 3.13. The van der Waals surface area contributed by atoms with Crippen LogP contribution in [0.5, 0.6) is 0 Å². The van der Waals surface area contributed by atoms with Gasteiger partial charge in [0, 0.05) is 5.57 Å². The Morgan fingerprint density at radius 1 is 1.33 bits per heavy atom. The van der Waals surface area contributed by atoms with Crippen LogP contribution < -0.4 is 0 Å². The minimum Gasteiger partial charge on any atom is -0.462 e. The topological polar surface area (TPSA) is 26.3 Å². The van der Waals surface area contributed by atoms with Gasteiger partial charge >= 0.3 is 5.97 Å². The summed E-state index contributed by atoms with van der Waals surface area (Å²) in [6, 6.07) is 0. The summed E-state index contributed by atoms with van der Waals surface area (Å²) < 4.78 is 5.26. The molecule has 0 N–H and O–H groups in total. The molecule has 2 fully saturated rings. The van der Waals surface area contributed by atoms with Crippen LogP contribution in [0.15, 0.2) is 12.2 Å². The quantitative estimate of drug-likeness (QED) is 0.526. The lowest BCUT2D eigenvalue weighted by atomic mass is 9.93. The molecule has 0 heterocycles. The van der Waals surface area contributed by atoms with Gasteiger partial charge in [-0.3, -0.25) is 0 Å². The molecule has 0 saturated heterocycles. The van der Waals surface area contributed by atoms with Gasteiger partial charge in [-0.05, 0) is 43.9 Å². The van der Waals surface area contributed by atoms with Crippen LogP contribution in [0.3, 0.4) is 0 Å². The lowest BCUT2D eigenvalue weighted by Crippen LogP contribution is -2.18. The van der Waals surface area contributed by atoms with Gasteiger partial charge in [0.15, 0.2) is 0 Å². The van der Waals surface area contributed by atoms with E-state index in [-0.39, 0.29) is 5.97 Å². The third-order valence-electron chi connectivity index (χ3n) is 4.01. The van der Waals surface area contributed by atoms with Crippen LogP contribution in [-0.4, -0.2) is 12.6 Å². The van der Waals surface area contributed by atoms with E-state index < -0.39 is 0 Å². The Labute approximate surface area is 91.7 Å². The molecule has 0 aromatic carbocycles. The Morgan fingerprint density at radius 2 is 2.13 bits per heavy atom. The molecule has 0 spiro atoms. The number of rotatable bonds is 3. The fourth-order valence-corrected chi connectivity index (χ4v) is 3.20. The molecule has 2 aliphatic rings. The van der Waals surface area contributed by atoms with E-state index in [1.165, 1.54) is 32.1 Å². The van der Waals surface area contributed by atoms with E-state index in [1.54, 1.807) is 6.92 Å². The lowest BCUT2D eigenvalue weighted by Gasteiger charge is -2.18. The highest BCUT2D eigenvalue weighted by Gasteiger charge is 2.39. The first-order valence-corrected chi connectivity index (χ1v) is 6.01. The predicted octanol–water partition coefficient (Wildman–Crippen LogP) is 2.93. The summed E-state index contributed by atoms with van der Waals surface area (Å²) in [5.41, 5.74) is 0.510. The van der Waals surface area contributed by atoms with Gasteiger partial charge < -0.3 is 4.74 Å². The van der Waals surface area contributed by atoms with Crippen LogP contribution in [0.25, 0.3) is 0 Å². The number of ether oxygens (including phenoxy) is 1. The molecular formula is C13H20O2. The molecule has 15 heavy (non-hydrogen) atoms. The summed E-state index contributed by atoms with van der Waals surface area (Å²) in [6.07, 6.45) is 6.72. The van der Waals surface area contributed by atoms with Crippen molar-refractivity contribution < 1.29 is 9.53 Å². The average Bonchev–Trinajstić information content (AvgIpc) is 2.76. The molecule has 2 saturated carbocycles. The van der Waals surface area contributed by atoms with Gasteiger partial charge in [-0.2, -0.15) is 0 Å². The Morgan fingerprint density at radius 3 is 2.87 bits per heavy atom. The van der Waals surface area contributed by atoms with Crippen molar-refractivity contribution in [3.8, 4) is 0 Å². The third-order valence-corrected chi connectivity index (χ3v) is 4.01. The van der Waals surface area contributed by atoms with Crippen LogP contribution in [0.4, 0.5) is 0 Å². The smallest absolute Gasteiger partial charge is 0.333 e. The highest BCUT2D eigenvalue weighted by molar-refractivity contribution is 5.86. The van der Waals surface area contributed by atoms with E-state index in [0.717, 1.165) is 11.8 Å². The number of fused-ring (bicyclic) bond motifs is 1. The van der Waals surface area contributed by atoms with Crippen molar-refractivity contribution in [3.63, 3.8) is 0 Å². The van der Waals surface area contributed by atoms with Gasteiger partial charge in [0.2, 0.25) is 0 Å². The first kappa shape index (κ1) is 10.7. The minimum atomic E-state index is -0.226. The molecule has 2 nitrogen and oxygen atoms in total. The molecule has 0 radical (unpaired) electrons. The summed E-state index contributed by atoms with van der Waals surface area (Å²) in [7, 11) is 0. The molecule has 2 rings (SSSR count). The first-order chi connectivity index (χ1) is 7.18. The van der Waals surface area contributed by atoms with Crippen LogP contribution in [0.2, 0.25) is 0 Å². The van der Waals surface area contributed by atoms with Crippen molar-refractivity contribution in [2.24, 2.45) is 17.8 Å². The highest BCUT2D eigenvalue weighted by Crippen LogP contribution is 2.47. The summed E-state index contributed by atoms with van der Waals surface area (Å²) in [5.74, 6) is 2.17. The average molecular weight is 208 g/mol. The second-order valence-electron chi connectivity index (χ2n) is 5.07. The molecule has 84 valence electrons. The fourth-order valence-electron chi connectivity index (χ4n) is 3.20. The number of esters is 1. The van der Waals surface area contributed by atoms with Gasteiger partial charge in [0.05, 0.1) is 6.61 Å². The number of hydrogen-bond acceptors (Lipinski definition) is 2. The van der Waals surface area contributed by atoms with E-state index in [9.17, 15) is 4.79 Å². The molecule has 0 aliphatic heterocycles. The number of carbonyl (C=O) groups excluding carboxylic acids is 1. The van der Waals surface area contributed by atoms with E-state index in [2.05, 4.69) is 6.58 Å². The summed E-state index contributed by atoms with van der Waals surface area (Å²) in [5, 5.41) is 0. The summed E-state index contributed by atoms with van der Waals surface area (Å²) in [6.45, 7) is 5.91. The maximum absolute atomic E-state index is 11.3. The lowest BCUT2D eigenvalue weighted by molar-refractivity contribution is -0.140. The van der Waals surface area contributed by atoms with Crippen molar-refractivity contribution in [1.29, 1.82) is 0 Å². The SMILES string of the molecule is C=C(C)C(=O)OCC1CCC2CCCC21. The van der Waals surface area contributed by atoms with Gasteiger partial charge in [0.25, 0.3) is 0 Å². The van der Waals surface area contributed by atoms with E-state index in [1.807, 2.05) is 0 Å². The van der Waals surface area contributed by atoms with Gasteiger partial charge in [-0.25, -0.2) is 4.79 Å². The molecule has 0 aromatic rings. The molecule has 0 bridgehead atoms. The molecular weight excluding hydrogens is 188 g/mol. The van der Waals surface area contributed by atoms with Gasteiger partial charge in [-0.1, -0.05) is 19.4 Å². The fraction of sp³-hybridized carbons (Fsp3) is 0.769. The Balaban J connectivity index is 1.80. The second-order valence-corrected chi connectivity index (χ2v) is 5.07. The van der Waals surface area contributed by atoms with Crippen LogP contribution in [0.1, 0.15) is 39.0 Å². The van der Waals surface area contributed by atoms with Crippen molar-refractivity contribution in [3.05, 3.63) is 12.2 Å². The zero-order valence-electron chi connectivity index (χ0n) is 9.50. The number of hydrogen-bond donors (Lipinski definition) is 0. The van der Waals surface area contributed by atoms with Crippen molar-refractivity contribution in [2.75, 3.05) is 6.61 Å². The maximum atomic E-state index is 11.3. The monoisotopic (exact) mass is 208 g/mol. The van der Waals surface area contributed by atoms with Gasteiger partial charge in [-0.15, -0.1) is 0 Å². The van der Waals surface area contributed by atoms with E-state index in [0.29, 0.717) is 18.1 Å². The molecule has 0 amide bonds. The number of carbonyl (C=O) groups is 1. The molecule has 0 aromatic heterocycles. The molecule has 2 heteroatoms. The van der Waals surface area contributed by atoms with Crippen LogP contribution in [-0.2, 0) is 9.53 Å². The van der Waals surface area contributed by atoms with E-state index >= 15 is 0 Å². The van der Waals surface area contributed by atoms with Crippen LogP contribution >= 0.6 is 0 Å². The molecule has 3 atom stereocenters. The second kappa shape index (κ2) is 4.38. The van der Waals surface area contributed by atoms with E-state index in [4.69, 9.17) is 4.74 Å². The Bertz CT molecular complexity index is 270. The van der Waals surface area contributed by atoms with Crippen LogP contribution in [0, 0.1) is 17.8 Å². The first-order valence-electron chi connectivity index (χ1n) is 6.01. The predicted molar refractivity (Wildman–Crippen MR) is 59.3 cm³/mol. The molecule has 3 unspecified atom stereocenters. The van der Waals surface area contributed by atoms with Crippen molar-refractivity contribution >= 4 is 5.97 Å². The largest absolute Gasteiger partial charge is 0.462 e. The zero-order chi connectivity index (χ0) is 10.8. The zero-order valence-corrected chi connectivity index (χ0v) is 9.50. The van der Waals surface area contributed by atoms with Crippen molar-refractivity contribution in [2.45, 2.75) is 39.0 Å². The highest BCUT2D eigenvalue weighted by atomic mass is 16.5. The van der Waals surface area contributed by atoms with Gasteiger partial charge in [0.1, 0.15) is 0 Å². The minimum absolute atomic E-state index is 0.226. The summed E-state index contributed by atoms with van der Waals surface area (Å²) in [4.78, 5) is 11.3. The Hall–Kier alpha value is -0.790.